The van der Waals surface area contributed by atoms with Gasteiger partial charge in [-0.3, -0.25) is 0 Å². The van der Waals surface area contributed by atoms with Gasteiger partial charge in [0.2, 0.25) is 5.76 Å². The molecule has 0 fully saturated rings. The first-order chi connectivity index (χ1) is 4.04. The number of carboxylic acids is 2. The average Bonchev–Trinajstić information content (AvgIpc) is 1.63. The van der Waals surface area contributed by atoms with Crippen LogP contribution >= 0.6 is 0 Å². The number of hydrogen-bond acceptors (Lipinski definition) is 3. The number of rotatable bonds is 2. The first-order valence-corrected chi connectivity index (χ1v) is 1.91. The van der Waals surface area contributed by atoms with Crippen LogP contribution in [0, 0.1) is 0 Å². The van der Waals surface area contributed by atoms with E-state index in [0.717, 1.165) is 0 Å². The van der Waals surface area contributed by atoms with E-state index in [1.807, 2.05) is 0 Å². The Kier molecular flexibility index (Phi) is 13.2. The molecule has 0 bridgehead atoms. The van der Waals surface area contributed by atoms with E-state index in [9.17, 15) is 9.59 Å². The van der Waals surface area contributed by atoms with Crippen LogP contribution in [0.15, 0.2) is 11.8 Å². The fourth-order valence-corrected chi connectivity index (χ4v) is 0.179. The van der Waals surface area contributed by atoms with Crippen molar-refractivity contribution in [1.29, 1.82) is 0 Å². The van der Waals surface area contributed by atoms with Gasteiger partial charge < -0.3 is 15.3 Å². The summed E-state index contributed by atoms with van der Waals surface area (Å²) >= 11 is 0. The maximum atomic E-state index is 9.65. The molecule has 7 heteroatoms. The molecule has 0 heterocycles. The summed E-state index contributed by atoms with van der Waals surface area (Å²) in [6.07, 6.45) is 0.197. The Labute approximate surface area is 103 Å². The van der Waals surface area contributed by atoms with Crippen LogP contribution in [-0.2, 0) is 9.59 Å². The SMILES string of the molecule is O=C(O)/C=C(\O)C(=O)O.[AlH3].[CaH2]. The Morgan fingerprint density at radius 3 is 1.55 bits per heavy atom. The second kappa shape index (κ2) is 8.37. The van der Waals surface area contributed by atoms with Gasteiger partial charge in [0.15, 0.2) is 17.4 Å². The summed E-state index contributed by atoms with van der Waals surface area (Å²) in [4.78, 5) is 19.3. The summed E-state index contributed by atoms with van der Waals surface area (Å²) in [5, 5.41) is 23.9. The van der Waals surface area contributed by atoms with E-state index in [1.165, 1.54) is 0 Å². The minimum atomic E-state index is -1.66. The Balaban J connectivity index is -0.000000320. The molecule has 0 aromatic carbocycles. The van der Waals surface area contributed by atoms with Crippen LogP contribution in [0.2, 0.25) is 0 Å². The molecule has 0 amide bonds. The van der Waals surface area contributed by atoms with Crippen LogP contribution in [-0.4, -0.2) is 82.4 Å². The van der Waals surface area contributed by atoms with Gasteiger partial charge >= 0.3 is 49.7 Å². The Morgan fingerprint density at radius 2 is 1.45 bits per heavy atom. The van der Waals surface area contributed by atoms with Gasteiger partial charge in [-0.25, -0.2) is 9.59 Å². The third-order valence-electron chi connectivity index (χ3n) is 0.479. The van der Waals surface area contributed by atoms with Crippen molar-refractivity contribution in [3.05, 3.63) is 11.8 Å². The van der Waals surface area contributed by atoms with E-state index in [2.05, 4.69) is 0 Å². The summed E-state index contributed by atoms with van der Waals surface area (Å²) in [5.74, 6) is -4.32. The van der Waals surface area contributed by atoms with Gasteiger partial charge in [-0.2, -0.15) is 0 Å². The predicted molar refractivity (Wildman–Crippen MR) is 44.5 cm³/mol. The normalized spacial score (nSPS) is 8.91. The third kappa shape index (κ3) is 10.3. The summed E-state index contributed by atoms with van der Waals surface area (Å²) in [5.41, 5.74) is 0. The molecule has 11 heavy (non-hydrogen) atoms. The molecular formula is C4H9AlCaO5. The number of aliphatic hydroxyl groups excluding tert-OH is 1. The number of carbonyl (C=O) groups is 2. The first-order valence-electron chi connectivity index (χ1n) is 1.91. The molecule has 0 aliphatic carbocycles. The van der Waals surface area contributed by atoms with E-state index in [-0.39, 0.29) is 61.2 Å². The van der Waals surface area contributed by atoms with Crippen molar-refractivity contribution in [2.45, 2.75) is 0 Å². The Hall–Kier alpha value is 0.272. The zero-order chi connectivity index (χ0) is 7.44. The van der Waals surface area contributed by atoms with Crippen molar-refractivity contribution in [3.63, 3.8) is 0 Å². The minimum absolute atomic E-state index is 0. The topological polar surface area (TPSA) is 94.8 Å². The predicted octanol–water partition coefficient (Wildman–Crippen LogP) is -2.50. The summed E-state index contributed by atoms with van der Waals surface area (Å²) in [6, 6.07) is 0. The van der Waals surface area contributed by atoms with Crippen LogP contribution in [0.25, 0.3) is 0 Å². The molecule has 0 rings (SSSR count). The Morgan fingerprint density at radius 1 is 1.09 bits per heavy atom. The van der Waals surface area contributed by atoms with Gasteiger partial charge in [0.05, 0.1) is 6.08 Å². The summed E-state index contributed by atoms with van der Waals surface area (Å²) in [7, 11) is 0. The van der Waals surface area contributed by atoms with Crippen LogP contribution in [0.4, 0.5) is 0 Å². The monoisotopic (exact) mass is 204 g/mol. The number of aliphatic carboxylic acids is 2. The molecule has 0 saturated heterocycles. The molecule has 5 nitrogen and oxygen atoms in total. The van der Waals surface area contributed by atoms with Crippen LogP contribution in [0.3, 0.4) is 0 Å². The third-order valence-corrected chi connectivity index (χ3v) is 0.479. The Bertz CT molecular complexity index is 177. The molecule has 0 unspecified atom stereocenters. The number of carboxylic acid groups (broad SMARTS) is 2. The molecular weight excluding hydrogens is 195 g/mol. The summed E-state index contributed by atoms with van der Waals surface area (Å²) in [6.45, 7) is 0. The van der Waals surface area contributed by atoms with Crippen LogP contribution in [0.1, 0.15) is 0 Å². The molecule has 0 aromatic rings. The van der Waals surface area contributed by atoms with E-state index >= 15 is 0 Å². The summed E-state index contributed by atoms with van der Waals surface area (Å²) < 4.78 is 0. The second-order valence-corrected chi connectivity index (χ2v) is 1.17. The zero-order valence-electron chi connectivity index (χ0n) is 4.24. The fraction of sp³-hybridized carbons (Fsp3) is 0. The average molecular weight is 204 g/mol. The van der Waals surface area contributed by atoms with Gasteiger partial charge in [-0.05, 0) is 0 Å². The zero-order valence-corrected chi connectivity index (χ0v) is 4.24. The molecule has 0 aromatic heterocycles. The van der Waals surface area contributed by atoms with Gasteiger partial charge in [0.25, 0.3) is 0 Å². The van der Waals surface area contributed by atoms with E-state index in [0.29, 0.717) is 0 Å². The van der Waals surface area contributed by atoms with Crippen LogP contribution in [0.5, 0.6) is 0 Å². The van der Waals surface area contributed by atoms with Crippen molar-refractivity contribution in [2.75, 3.05) is 0 Å². The molecule has 0 aliphatic heterocycles. The second-order valence-electron chi connectivity index (χ2n) is 1.17. The van der Waals surface area contributed by atoms with Crippen molar-refractivity contribution in [3.8, 4) is 0 Å². The van der Waals surface area contributed by atoms with E-state index in [1.54, 1.807) is 0 Å². The van der Waals surface area contributed by atoms with Gasteiger partial charge in [0.1, 0.15) is 0 Å². The quantitative estimate of drug-likeness (QED) is 0.262. The molecule has 0 spiro atoms. The molecule has 60 valence electrons. The van der Waals surface area contributed by atoms with Crippen LogP contribution < -0.4 is 0 Å². The molecule has 0 aliphatic rings. The van der Waals surface area contributed by atoms with Gasteiger partial charge in [0, 0.05) is 0 Å². The standard InChI is InChI=1S/C4H4O5.Al.Ca.5H/c5-2(4(8)9)1-3(6)7;;;;;;;/h1,5H,(H,6,7)(H,8,9);;;;;;;/b2-1-;;;;;;;. The molecule has 0 atom stereocenters. The number of aliphatic hydroxyl groups is 1. The molecule has 0 saturated carbocycles. The van der Waals surface area contributed by atoms with Crippen molar-refractivity contribution in [1.82, 2.24) is 0 Å². The van der Waals surface area contributed by atoms with E-state index < -0.39 is 17.7 Å². The van der Waals surface area contributed by atoms with Gasteiger partial charge in [-0.15, -0.1) is 0 Å². The first kappa shape index (κ1) is 17.4. The molecule has 3 N–H and O–H groups in total. The van der Waals surface area contributed by atoms with Crippen molar-refractivity contribution >= 4 is 67.0 Å². The fourth-order valence-electron chi connectivity index (χ4n) is 0.179. The van der Waals surface area contributed by atoms with Crippen molar-refractivity contribution < 1.29 is 24.9 Å². The van der Waals surface area contributed by atoms with Gasteiger partial charge in [-0.1, -0.05) is 0 Å². The van der Waals surface area contributed by atoms with E-state index in [4.69, 9.17) is 15.3 Å². The molecule has 0 radical (unpaired) electrons. The van der Waals surface area contributed by atoms with Crippen molar-refractivity contribution in [2.24, 2.45) is 0 Å². The number of hydrogen-bond donors (Lipinski definition) is 3. The maximum absolute atomic E-state index is 9.65.